The highest BCUT2D eigenvalue weighted by molar-refractivity contribution is 6.11. The second-order valence-electron chi connectivity index (χ2n) is 7.67. The normalized spacial score (nSPS) is 16.6. The third kappa shape index (κ3) is 3.35. The number of nitrogens with zero attached hydrogens (tertiary/aromatic N) is 1. The third-order valence-corrected chi connectivity index (χ3v) is 5.84. The minimum Gasteiger partial charge on any atom is -0.456 e. The largest absolute Gasteiger partial charge is 0.456 e. The molecule has 0 saturated carbocycles. The van der Waals surface area contributed by atoms with E-state index in [1.807, 2.05) is 60.7 Å². The van der Waals surface area contributed by atoms with Gasteiger partial charge in [-0.1, -0.05) is 48.5 Å². The van der Waals surface area contributed by atoms with E-state index in [1.54, 1.807) is 11.0 Å². The van der Waals surface area contributed by atoms with E-state index in [-0.39, 0.29) is 24.8 Å². The molecule has 0 spiro atoms. The van der Waals surface area contributed by atoms with Gasteiger partial charge in [0.1, 0.15) is 17.4 Å². The first-order chi connectivity index (χ1) is 15.2. The van der Waals surface area contributed by atoms with E-state index < -0.39 is 6.04 Å². The van der Waals surface area contributed by atoms with Crippen LogP contribution in [0.25, 0.3) is 33.1 Å². The Morgan fingerprint density at radius 1 is 1.06 bits per heavy atom. The summed E-state index contributed by atoms with van der Waals surface area (Å²) < 4.78 is 6.07. The highest BCUT2D eigenvalue weighted by atomic mass is 16.3. The van der Waals surface area contributed by atoms with Crippen LogP contribution in [0.1, 0.15) is 16.8 Å². The van der Waals surface area contributed by atoms with Crippen molar-refractivity contribution in [3.63, 3.8) is 0 Å². The molecule has 1 unspecified atom stereocenters. The lowest BCUT2D eigenvalue weighted by Gasteiger charge is -2.35. The predicted molar refractivity (Wildman–Crippen MR) is 119 cm³/mol. The quantitative estimate of drug-likeness (QED) is 0.535. The molecule has 1 atom stereocenters. The summed E-state index contributed by atoms with van der Waals surface area (Å²) in [6, 6.07) is 20.6. The Balaban J connectivity index is 1.60. The van der Waals surface area contributed by atoms with Crippen molar-refractivity contribution in [3.05, 3.63) is 72.3 Å². The number of piperazine rings is 1. The first kappa shape index (κ1) is 19.3. The molecule has 0 radical (unpaired) electrons. The van der Waals surface area contributed by atoms with Gasteiger partial charge in [-0.15, -0.1) is 0 Å². The van der Waals surface area contributed by atoms with Crippen LogP contribution in [-0.2, 0) is 4.79 Å². The molecule has 2 N–H and O–H groups in total. The molecule has 156 valence electrons. The van der Waals surface area contributed by atoms with Gasteiger partial charge in [-0.25, -0.2) is 0 Å². The van der Waals surface area contributed by atoms with Crippen molar-refractivity contribution in [2.45, 2.75) is 12.5 Å². The number of hydrogen-bond acceptors (Lipinski definition) is 4. The molecule has 2 amide bonds. The molecule has 6 heteroatoms. The number of hydrogen-bond donors (Lipinski definition) is 2. The van der Waals surface area contributed by atoms with Gasteiger partial charge >= 0.3 is 0 Å². The lowest BCUT2D eigenvalue weighted by atomic mass is 9.97. The Hall–Kier alpha value is -3.64. The predicted octanol–water partition coefficient (Wildman–Crippen LogP) is 3.58. The van der Waals surface area contributed by atoms with Crippen molar-refractivity contribution in [1.82, 2.24) is 10.2 Å². The molecule has 4 aromatic rings. The first-order valence-corrected chi connectivity index (χ1v) is 10.4. The maximum Gasteiger partial charge on any atom is 0.255 e. The Labute approximate surface area is 179 Å². The molecule has 1 aromatic heterocycles. The minimum absolute atomic E-state index is 0.159. The zero-order chi connectivity index (χ0) is 21.4. The Bertz CT molecular complexity index is 1260. The number of aliphatic hydroxyl groups is 1. The first-order valence-electron chi connectivity index (χ1n) is 10.4. The lowest BCUT2D eigenvalue weighted by Crippen LogP contribution is -2.57. The zero-order valence-electron chi connectivity index (χ0n) is 16.9. The average Bonchev–Trinajstić information content (AvgIpc) is 3.23. The third-order valence-electron chi connectivity index (χ3n) is 5.84. The number of carbonyl (C=O) groups excluding carboxylic acids is 2. The van der Waals surface area contributed by atoms with Crippen molar-refractivity contribution in [1.29, 1.82) is 0 Å². The SMILES string of the molecule is O=C1NCCN(C(=O)c2cccc3c(-c4cc5ccccc5o4)cccc23)C1CCO. The Morgan fingerprint density at radius 3 is 2.71 bits per heavy atom. The molecule has 5 rings (SSSR count). The molecular weight excluding hydrogens is 392 g/mol. The maximum atomic E-state index is 13.5. The van der Waals surface area contributed by atoms with Crippen molar-refractivity contribution in [2.24, 2.45) is 0 Å². The summed E-state index contributed by atoms with van der Waals surface area (Å²) in [6.07, 6.45) is 0.215. The molecule has 0 bridgehead atoms. The van der Waals surface area contributed by atoms with Crippen LogP contribution >= 0.6 is 0 Å². The standard InChI is InChI=1S/C25H22N2O4/c28-14-11-21-24(29)26-12-13-27(21)25(30)20-9-4-6-17-18(20)7-3-8-19(17)23-15-16-5-1-2-10-22(16)31-23/h1-10,15,21,28H,11-14H2,(H,26,29). The van der Waals surface area contributed by atoms with Gasteiger partial charge in [-0.05, 0) is 35.4 Å². The number of aliphatic hydroxyl groups excluding tert-OH is 1. The van der Waals surface area contributed by atoms with Crippen molar-refractivity contribution in [3.8, 4) is 11.3 Å². The minimum atomic E-state index is -0.667. The summed E-state index contributed by atoms with van der Waals surface area (Å²) in [5, 5.41) is 14.9. The van der Waals surface area contributed by atoms with Crippen molar-refractivity contribution >= 4 is 33.6 Å². The number of rotatable bonds is 4. The van der Waals surface area contributed by atoms with Gasteiger partial charge in [0.05, 0.1) is 0 Å². The number of carbonyl (C=O) groups is 2. The topological polar surface area (TPSA) is 82.8 Å². The van der Waals surface area contributed by atoms with Crippen LogP contribution in [0.15, 0.2) is 71.1 Å². The molecule has 0 aliphatic carbocycles. The summed E-state index contributed by atoms with van der Waals surface area (Å²) in [6.45, 7) is 0.657. The summed E-state index contributed by atoms with van der Waals surface area (Å²) >= 11 is 0. The smallest absolute Gasteiger partial charge is 0.255 e. The van der Waals surface area contributed by atoms with Crippen LogP contribution in [0.5, 0.6) is 0 Å². The van der Waals surface area contributed by atoms with E-state index in [0.29, 0.717) is 18.7 Å². The van der Waals surface area contributed by atoms with Gasteiger partial charge in [0.2, 0.25) is 5.91 Å². The number of fused-ring (bicyclic) bond motifs is 2. The maximum absolute atomic E-state index is 13.5. The van der Waals surface area contributed by atoms with Crippen LogP contribution in [0.4, 0.5) is 0 Å². The Morgan fingerprint density at radius 2 is 1.87 bits per heavy atom. The molecule has 1 aliphatic heterocycles. The summed E-state index contributed by atoms with van der Waals surface area (Å²) in [7, 11) is 0. The van der Waals surface area contributed by atoms with E-state index in [0.717, 1.165) is 33.1 Å². The van der Waals surface area contributed by atoms with Gasteiger partial charge in [0.25, 0.3) is 5.91 Å². The van der Waals surface area contributed by atoms with E-state index in [1.165, 1.54) is 0 Å². The number of benzene rings is 3. The van der Waals surface area contributed by atoms with Crippen LogP contribution in [-0.4, -0.2) is 47.6 Å². The zero-order valence-corrected chi connectivity index (χ0v) is 16.9. The average molecular weight is 414 g/mol. The number of amides is 2. The number of furan rings is 1. The van der Waals surface area contributed by atoms with Crippen molar-refractivity contribution in [2.75, 3.05) is 19.7 Å². The highest BCUT2D eigenvalue weighted by Crippen LogP contribution is 2.34. The van der Waals surface area contributed by atoms with E-state index in [4.69, 9.17) is 4.42 Å². The second kappa shape index (κ2) is 7.89. The molecule has 6 nitrogen and oxygen atoms in total. The van der Waals surface area contributed by atoms with Crippen LogP contribution < -0.4 is 5.32 Å². The summed E-state index contributed by atoms with van der Waals surface area (Å²) in [5.41, 5.74) is 2.26. The van der Waals surface area contributed by atoms with Gasteiger partial charge in [-0.3, -0.25) is 9.59 Å². The lowest BCUT2D eigenvalue weighted by molar-refractivity contribution is -0.128. The van der Waals surface area contributed by atoms with Crippen LogP contribution in [0.2, 0.25) is 0 Å². The summed E-state index contributed by atoms with van der Waals surface area (Å²) in [4.78, 5) is 27.3. The van der Waals surface area contributed by atoms with Crippen molar-refractivity contribution < 1.29 is 19.1 Å². The number of para-hydroxylation sites is 1. The van der Waals surface area contributed by atoms with E-state index >= 15 is 0 Å². The van der Waals surface area contributed by atoms with Gasteiger partial charge < -0.3 is 19.7 Å². The van der Waals surface area contributed by atoms with E-state index in [9.17, 15) is 14.7 Å². The molecule has 1 fully saturated rings. The molecule has 2 heterocycles. The van der Waals surface area contributed by atoms with Gasteiger partial charge in [-0.2, -0.15) is 0 Å². The monoisotopic (exact) mass is 414 g/mol. The van der Waals surface area contributed by atoms with Crippen LogP contribution in [0, 0.1) is 0 Å². The van der Waals surface area contributed by atoms with Gasteiger partial charge in [0, 0.05) is 36.2 Å². The number of nitrogens with one attached hydrogen (secondary N) is 1. The fraction of sp³-hybridized carbons (Fsp3) is 0.200. The van der Waals surface area contributed by atoms with Gasteiger partial charge in [0.15, 0.2) is 0 Å². The van der Waals surface area contributed by atoms with E-state index in [2.05, 4.69) is 5.32 Å². The highest BCUT2D eigenvalue weighted by Gasteiger charge is 2.33. The van der Waals surface area contributed by atoms with Crippen LogP contribution in [0.3, 0.4) is 0 Å². The second-order valence-corrected chi connectivity index (χ2v) is 7.67. The molecular formula is C25H22N2O4. The Kier molecular flexibility index (Phi) is 4.92. The fourth-order valence-electron chi connectivity index (χ4n) is 4.35. The fourth-order valence-corrected chi connectivity index (χ4v) is 4.35. The molecule has 31 heavy (non-hydrogen) atoms. The summed E-state index contributed by atoms with van der Waals surface area (Å²) in [5.74, 6) is 0.310. The molecule has 1 saturated heterocycles. The molecule has 3 aromatic carbocycles. The molecule has 1 aliphatic rings.